The Kier molecular flexibility index (Phi) is 6.11. The molecule has 0 amide bonds. The van der Waals surface area contributed by atoms with Gasteiger partial charge in [0.1, 0.15) is 0 Å². The molecule has 110 valence electrons. The molecule has 0 unspecified atom stereocenters. The molecular weight excluding hydrogens is 272 g/mol. The van der Waals surface area contributed by atoms with Crippen molar-refractivity contribution < 1.29 is 0 Å². The Hall–Kier alpha value is -1.30. The first-order valence-corrected chi connectivity index (χ1v) is 8.27. The van der Waals surface area contributed by atoms with Crippen LogP contribution >= 0.6 is 11.5 Å². The van der Waals surface area contributed by atoms with E-state index in [1.54, 1.807) is 10.9 Å². The molecule has 0 aliphatic carbocycles. The van der Waals surface area contributed by atoms with Gasteiger partial charge in [-0.25, -0.2) is 4.98 Å². The fourth-order valence-electron chi connectivity index (χ4n) is 2.29. The molecule has 0 saturated carbocycles. The molecule has 2 aromatic heterocycles. The molecule has 0 N–H and O–H groups in total. The number of rotatable bonds is 9. The predicted octanol–water partition coefficient (Wildman–Crippen LogP) is 3.39. The van der Waals surface area contributed by atoms with E-state index < -0.39 is 0 Å². The van der Waals surface area contributed by atoms with Gasteiger partial charge in [0.15, 0.2) is 10.3 Å². The van der Waals surface area contributed by atoms with Gasteiger partial charge in [-0.3, -0.25) is 9.36 Å². The van der Waals surface area contributed by atoms with E-state index in [2.05, 4.69) is 21.5 Å². The average Bonchev–Trinajstić information content (AvgIpc) is 2.93. The van der Waals surface area contributed by atoms with E-state index in [0.29, 0.717) is 10.3 Å². The monoisotopic (exact) mass is 294 g/mol. The number of hydrogen-bond donors (Lipinski definition) is 0. The molecule has 0 aliphatic rings. The first kappa shape index (κ1) is 15.1. The van der Waals surface area contributed by atoms with Gasteiger partial charge >= 0.3 is 0 Å². The van der Waals surface area contributed by atoms with Crippen LogP contribution in [0.25, 0.3) is 10.3 Å². The maximum atomic E-state index is 12.1. The summed E-state index contributed by atoms with van der Waals surface area (Å²) in [6.45, 7) is 2.97. The van der Waals surface area contributed by atoms with Crippen LogP contribution in [0.1, 0.15) is 58.3 Å². The number of aryl methyl sites for hydroxylation is 1. The molecule has 5 nitrogen and oxygen atoms in total. The van der Waals surface area contributed by atoms with Crippen molar-refractivity contribution >= 4 is 21.9 Å². The summed E-state index contributed by atoms with van der Waals surface area (Å²) in [4.78, 5) is 16.9. The number of nitrogens with zero attached hydrogens (tertiary/aromatic N) is 4. The number of aromatic nitrogens is 4. The summed E-state index contributed by atoms with van der Waals surface area (Å²) >= 11 is 1.17. The first-order chi connectivity index (χ1) is 9.83. The molecule has 0 radical (unpaired) electrons. The third-order valence-electron chi connectivity index (χ3n) is 3.50. The Balaban J connectivity index is 1.71. The predicted molar refractivity (Wildman–Crippen MR) is 82.1 cm³/mol. The molecule has 20 heavy (non-hydrogen) atoms. The van der Waals surface area contributed by atoms with Crippen molar-refractivity contribution in [1.82, 2.24) is 19.1 Å². The molecule has 0 bridgehead atoms. The Morgan fingerprint density at radius 3 is 2.55 bits per heavy atom. The number of hydrogen-bond acceptors (Lipinski definition) is 5. The van der Waals surface area contributed by atoms with E-state index in [1.165, 1.54) is 56.5 Å². The molecule has 2 aromatic rings. The third-order valence-corrected chi connectivity index (χ3v) is 4.14. The van der Waals surface area contributed by atoms with E-state index >= 15 is 0 Å². The van der Waals surface area contributed by atoms with Crippen molar-refractivity contribution in [3.05, 3.63) is 16.7 Å². The zero-order valence-corrected chi connectivity index (χ0v) is 12.9. The lowest BCUT2D eigenvalue weighted by Crippen LogP contribution is -2.20. The van der Waals surface area contributed by atoms with Crippen molar-refractivity contribution in [2.45, 2.75) is 64.8 Å². The Morgan fingerprint density at radius 1 is 1.10 bits per heavy atom. The van der Waals surface area contributed by atoms with Crippen molar-refractivity contribution in [3.8, 4) is 0 Å². The standard InChI is InChI=1S/C14H22N4OS/c1-2-3-4-5-6-7-8-9-10-18-11-15-13-12(14(18)19)16-17-20-13/h11H,2-10H2,1H3. The summed E-state index contributed by atoms with van der Waals surface area (Å²) < 4.78 is 5.42. The minimum Gasteiger partial charge on any atom is -0.297 e. The minimum atomic E-state index is -0.0632. The fraction of sp³-hybridized carbons (Fsp3) is 0.714. The van der Waals surface area contributed by atoms with Gasteiger partial charge in [-0.05, 0) is 6.42 Å². The minimum absolute atomic E-state index is 0.0632. The van der Waals surface area contributed by atoms with E-state index in [1.807, 2.05) is 0 Å². The second kappa shape index (κ2) is 8.09. The van der Waals surface area contributed by atoms with Gasteiger partial charge in [-0.1, -0.05) is 56.4 Å². The summed E-state index contributed by atoms with van der Waals surface area (Å²) in [7, 11) is 0. The molecule has 2 heterocycles. The van der Waals surface area contributed by atoms with Crippen LogP contribution in [0.3, 0.4) is 0 Å². The van der Waals surface area contributed by atoms with Gasteiger partial charge in [-0.15, -0.1) is 5.10 Å². The molecule has 0 aromatic carbocycles. The van der Waals surface area contributed by atoms with Gasteiger partial charge in [-0.2, -0.15) is 0 Å². The zero-order chi connectivity index (χ0) is 14.2. The maximum absolute atomic E-state index is 12.1. The Bertz CT molecular complexity index is 578. The van der Waals surface area contributed by atoms with E-state index in [4.69, 9.17) is 0 Å². The van der Waals surface area contributed by atoms with Gasteiger partial charge in [0.05, 0.1) is 6.33 Å². The normalized spacial score (nSPS) is 11.2. The highest BCUT2D eigenvalue weighted by Crippen LogP contribution is 2.10. The van der Waals surface area contributed by atoms with Crippen LogP contribution in [-0.4, -0.2) is 19.1 Å². The van der Waals surface area contributed by atoms with Gasteiger partial charge in [0.2, 0.25) is 0 Å². The molecule has 0 aliphatic heterocycles. The summed E-state index contributed by atoms with van der Waals surface area (Å²) in [5.41, 5.74) is 0.337. The smallest absolute Gasteiger partial charge is 0.282 e. The highest BCUT2D eigenvalue weighted by Gasteiger charge is 2.07. The van der Waals surface area contributed by atoms with Crippen LogP contribution in [0.15, 0.2) is 11.1 Å². The Morgan fingerprint density at radius 2 is 1.80 bits per heavy atom. The summed E-state index contributed by atoms with van der Waals surface area (Å²) in [6, 6.07) is 0. The highest BCUT2D eigenvalue weighted by molar-refractivity contribution is 7.12. The summed E-state index contributed by atoms with van der Waals surface area (Å²) in [5.74, 6) is 0. The lowest BCUT2D eigenvalue weighted by atomic mass is 10.1. The molecule has 0 saturated heterocycles. The topological polar surface area (TPSA) is 60.7 Å². The van der Waals surface area contributed by atoms with Gasteiger partial charge in [0, 0.05) is 18.1 Å². The van der Waals surface area contributed by atoms with Gasteiger partial charge in [0.25, 0.3) is 5.56 Å². The van der Waals surface area contributed by atoms with Crippen molar-refractivity contribution in [2.75, 3.05) is 0 Å². The fourth-order valence-corrected chi connectivity index (χ4v) is 2.80. The molecule has 0 atom stereocenters. The number of unbranched alkanes of at least 4 members (excludes halogenated alkanes) is 7. The SMILES string of the molecule is CCCCCCCCCCn1cnc2snnc2c1=O. The number of fused-ring (bicyclic) bond motifs is 1. The lowest BCUT2D eigenvalue weighted by Gasteiger charge is -2.04. The second-order valence-electron chi connectivity index (χ2n) is 5.14. The van der Waals surface area contributed by atoms with Crippen LogP contribution in [0.5, 0.6) is 0 Å². The van der Waals surface area contributed by atoms with Crippen molar-refractivity contribution in [1.29, 1.82) is 0 Å². The van der Waals surface area contributed by atoms with E-state index in [-0.39, 0.29) is 5.56 Å². The molecule has 0 spiro atoms. The molecule has 6 heteroatoms. The van der Waals surface area contributed by atoms with E-state index in [9.17, 15) is 4.79 Å². The quantitative estimate of drug-likeness (QED) is 0.665. The molecule has 2 rings (SSSR count). The zero-order valence-electron chi connectivity index (χ0n) is 12.0. The van der Waals surface area contributed by atoms with Crippen LogP contribution < -0.4 is 5.56 Å². The largest absolute Gasteiger partial charge is 0.297 e. The second-order valence-corrected chi connectivity index (χ2v) is 5.88. The Labute approximate surface area is 123 Å². The molecule has 0 fully saturated rings. The van der Waals surface area contributed by atoms with Crippen LogP contribution in [0.2, 0.25) is 0 Å². The average molecular weight is 294 g/mol. The molecular formula is C14H22N4OS. The van der Waals surface area contributed by atoms with Crippen LogP contribution in [0.4, 0.5) is 0 Å². The highest BCUT2D eigenvalue weighted by atomic mass is 32.1. The van der Waals surface area contributed by atoms with E-state index in [0.717, 1.165) is 13.0 Å². The summed E-state index contributed by atoms with van der Waals surface area (Å²) in [5, 5.41) is 3.84. The van der Waals surface area contributed by atoms with Crippen LogP contribution in [-0.2, 0) is 6.54 Å². The summed E-state index contributed by atoms with van der Waals surface area (Å²) in [6.07, 6.45) is 11.7. The third kappa shape index (κ3) is 4.10. The first-order valence-electron chi connectivity index (χ1n) is 7.50. The van der Waals surface area contributed by atoms with Crippen LogP contribution in [0, 0.1) is 0 Å². The van der Waals surface area contributed by atoms with Crippen molar-refractivity contribution in [2.24, 2.45) is 0 Å². The van der Waals surface area contributed by atoms with Crippen molar-refractivity contribution in [3.63, 3.8) is 0 Å². The van der Waals surface area contributed by atoms with Gasteiger partial charge < -0.3 is 0 Å². The maximum Gasteiger partial charge on any atom is 0.282 e. The lowest BCUT2D eigenvalue weighted by molar-refractivity contribution is 0.536.